The summed E-state index contributed by atoms with van der Waals surface area (Å²) in [5, 5.41) is 12.7. The van der Waals surface area contributed by atoms with E-state index in [1.54, 1.807) is 35.2 Å². The molecule has 0 radical (unpaired) electrons. The molecule has 0 atom stereocenters. The van der Waals surface area contributed by atoms with Crippen LogP contribution in [0.3, 0.4) is 0 Å². The van der Waals surface area contributed by atoms with Gasteiger partial charge in [-0.25, -0.2) is 14.0 Å². The molecule has 3 aromatic rings. The minimum atomic E-state index is -1.38. The van der Waals surface area contributed by atoms with Crippen molar-refractivity contribution in [2.24, 2.45) is 10.8 Å². The number of nitrogens with one attached hydrogen (secondary N) is 1. The number of anilines is 1. The topological polar surface area (TPSA) is 147 Å². The summed E-state index contributed by atoms with van der Waals surface area (Å²) < 4.78 is 23.2. The number of halogens is 3. The van der Waals surface area contributed by atoms with Crippen molar-refractivity contribution < 1.29 is 28.2 Å². The number of esters is 1. The molecular formula is C26H18Cl2FN5O5. The zero-order valence-corrected chi connectivity index (χ0v) is 21.4. The molecule has 0 aromatic heterocycles. The molecule has 1 aliphatic rings. The number of hydrogen-bond acceptors (Lipinski definition) is 8. The number of hydrogen-bond donors (Lipinski definition) is 2. The fourth-order valence-electron chi connectivity index (χ4n) is 3.75. The van der Waals surface area contributed by atoms with Crippen molar-refractivity contribution in [2.45, 2.75) is 13.0 Å². The predicted molar refractivity (Wildman–Crippen MR) is 140 cm³/mol. The summed E-state index contributed by atoms with van der Waals surface area (Å²) in [5.41, 5.74) is 8.77. The first-order chi connectivity index (χ1) is 18.6. The monoisotopic (exact) mass is 569 g/mol. The fourth-order valence-corrected chi connectivity index (χ4v) is 4.32. The quantitative estimate of drug-likeness (QED) is 0.175. The maximum atomic E-state index is 13.2. The van der Waals surface area contributed by atoms with Gasteiger partial charge in [0, 0.05) is 18.7 Å². The summed E-state index contributed by atoms with van der Waals surface area (Å²) >= 11 is 12.7. The van der Waals surface area contributed by atoms with Gasteiger partial charge in [-0.15, -0.1) is 0 Å². The van der Waals surface area contributed by atoms with Gasteiger partial charge in [0.25, 0.3) is 5.91 Å². The highest BCUT2D eigenvalue weighted by molar-refractivity contribution is 6.44. The van der Waals surface area contributed by atoms with Crippen LogP contribution >= 0.6 is 23.2 Å². The Bertz CT molecular complexity index is 1520. The first kappa shape index (κ1) is 27.4. The van der Waals surface area contributed by atoms with Crippen molar-refractivity contribution in [1.29, 1.82) is 5.26 Å². The first-order valence-corrected chi connectivity index (χ1v) is 12.0. The zero-order valence-electron chi connectivity index (χ0n) is 19.9. The van der Waals surface area contributed by atoms with Gasteiger partial charge in [-0.05, 0) is 60.0 Å². The Morgan fingerprint density at radius 3 is 2.46 bits per heavy atom. The number of carbonyl (C=O) groups is 3. The molecule has 13 heteroatoms. The Balaban J connectivity index is 1.46. The van der Waals surface area contributed by atoms with Gasteiger partial charge in [-0.2, -0.15) is 10.4 Å². The van der Waals surface area contributed by atoms with E-state index in [1.807, 2.05) is 0 Å². The summed E-state index contributed by atoms with van der Waals surface area (Å²) in [4.78, 5) is 37.0. The van der Waals surface area contributed by atoms with E-state index in [4.69, 9.17) is 38.9 Å². The average Bonchev–Trinajstić information content (AvgIpc) is 2.89. The Morgan fingerprint density at radius 1 is 1.13 bits per heavy atom. The lowest BCUT2D eigenvalue weighted by atomic mass is 9.98. The fraction of sp³-hybridized carbons (Fsp3) is 0.115. The molecule has 10 nitrogen and oxygen atoms in total. The molecule has 4 rings (SSSR count). The summed E-state index contributed by atoms with van der Waals surface area (Å²) in [5.74, 6) is -1.29. The molecule has 1 heterocycles. The normalized spacial score (nSPS) is 12.8. The van der Waals surface area contributed by atoms with Crippen LogP contribution in [-0.4, -0.2) is 35.1 Å². The molecular weight excluding hydrogens is 552 g/mol. The van der Waals surface area contributed by atoms with Crippen LogP contribution in [0.2, 0.25) is 10.0 Å². The van der Waals surface area contributed by atoms with Crippen LogP contribution in [0.25, 0.3) is 0 Å². The molecule has 3 N–H and O–H groups in total. The van der Waals surface area contributed by atoms with Gasteiger partial charge in [0.2, 0.25) is 5.71 Å². The smallest absolute Gasteiger partial charge is 0.412 e. The Morgan fingerprint density at radius 2 is 1.82 bits per heavy atom. The SMILES string of the molecule is N#CC(=NNc1cc(Cl)c(Oc2ccc3c(c2)CCN(Cc2ccc(F)cc2)C3=O)c(Cl)c1)C(=O)OC(N)=O. The van der Waals surface area contributed by atoms with E-state index in [9.17, 15) is 18.8 Å². The molecule has 2 amide bonds. The summed E-state index contributed by atoms with van der Waals surface area (Å²) in [6.45, 7) is 0.849. The first-order valence-electron chi connectivity index (χ1n) is 11.2. The van der Waals surface area contributed by atoms with Crippen molar-refractivity contribution in [3.05, 3.63) is 87.2 Å². The number of nitrogens with zero attached hydrogens (tertiary/aromatic N) is 3. The molecule has 3 aromatic carbocycles. The Hall–Kier alpha value is -4.66. The predicted octanol–water partition coefficient (Wildman–Crippen LogP) is 5.04. The van der Waals surface area contributed by atoms with Gasteiger partial charge in [-0.1, -0.05) is 35.3 Å². The number of fused-ring (bicyclic) bond motifs is 1. The maximum absolute atomic E-state index is 13.2. The van der Waals surface area contributed by atoms with E-state index in [0.29, 0.717) is 30.8 Å². The number of primary amides is 1. The average molecular weight is 570 g/mol. The summed E-state index contributed by atoms with van der Waals surface area (Å²) in [7, 11) is 0. The number of ether oxygens (including phenoxy) is 2. The number of amides is 2. The second kappa shape index (κ2) is 11.8. The number of nitriles is 1. The highest BCUT2D eigenvalue weighted by Crippen LogP contribution is 2.39. The summed E-state index contributed by atoms with van der Waals surface area (Å²) in [6.07, 6.45) is -0.800. The lowest BCUT2D eigenvalue weighted by molar-refractivity contribution is -0.129. The van der Waals surface area contributed by atoms with Gasteiger partial charge < -0.3 is 20.1 Å². The van der Waals surface area contributed by atoms with Crippen molar-refractivity contribution >= 4 is 52.6 Å². The van der Waals surface area contributed by atoms with Gasteiger partial charge in [0.1, 0.15) is 17.6 Å². The van der Waals surface area contributed by atoms with E-state index >= 15 is 0 Å². The number of hydrazone groups is 1. The third-order valence-corrected chi connectivity index (χ3v) is 6.10. The van der Waals surface area contributed by atoms with Crippen LogP contribution in [-0.2, 0) is 22.5 Å². The molecule has 0 unspecified atom stereocenters. The van der Waals surface area contributed by atoms with Gasteiger partial charge >= 0.3 is 12.1 Å². The molecule has 0 spiro atoms. The minimum absolute atomic E-state index is 0.0812. The number of rotatable bonds is 7. The Labute approximate surface area is 231 Å². The van der Waals surface area contributed by atoms with Crippen LogP contribution in [0.5, 0.6) is 11.5 Å². The maximum Gasteiger partial charge on any atom is 0.412 e. The van der Waals surface area contributed by atoms with Gasteiger partial charge in [-0.3, -0.25) is 10.2 Å². The van der Waals surface area contributed by atoms with E-state index in [1.165, 1.54) is 30.3 Å². The minimum Gasteiger partial charge on any atom is -0.454 e. The van der Waals surface area contributed by atoms with Crippen LogP contribution in [0, 0.1) is 17.1 Å². The molecule has 0 aliphatic carbocycles. The zero-order chi connectivity index (χ0) is 28.1. The number of benzene rings is 3. The van der Waals surface area contributed by atoms with Gasteiger partial charge in [0.15, 0.2) is 5.75 Å². The van der Waals surface area contributed by atoms with Crippen molar-refractivity contribution in [3.63, 3.8) is 0 Å². The largest absolute Gasteiger partial charge is 0.454 e. The standard InChI is InChI=1S/C26H18Cl2FN5O5/c27-20-10-17(32-33-22(12-30)25(36)39-26(31)37)11-21(28)23(20)38-18-5-6-19-15(9-18)7-8-34(24(19)35)13-14-1-3-16(29)4-2-14/h1-6,9-11,32H,7-8,13H2,(H2,31,37). The van der Waals surface area contributed by atoms with E-state index < -0.39 is 17.8 Å². The van der Waals surface area contributed by atoms with Crippen molar-refractivity contribution in [1.82, 2.24) is 4.90 Å². The van der Waals surface area contributed by atoms with E-state index in [2.05, 4.69) is 15.3 Å². The third kappa shape index (κ3) is 6.62. The van der Waals surface area contributed by atoms with E-state index in [-0.39, 0.29) is 33.2 Å². The molecule has 0 saturated heterocycles. The highest BCUT2D eigenvalue weighted by Gasteiger charge is 2.25. The molecule has 0 saturated carbocycles. The lowest BCUT2D eigenvalue weighted by Crippen LogP contribution is -2.37. The van der Waals surface area contributed by atoms with Crippen LogP contribution < -0.4 is 15.9 Å². The molecule has 198 valence electrons. The van der Waals surface area contributed by atoms with Crippen LogP contribution in [0.15, 0.2) is 59.7 Å². The highest BCUT2D eigenvalue weighted by atomic mass is 35.5. The number of nitrogens with two attached hydrogens (primary N) is 1. The van der Waals surface area contributed by atoms with Gasteiger partial charge in [0.05, 0.1) is 15.7 Å². The summed E-state index contributed by atoms with van der Waals surface area (Å²) in [6, 6.07) is 15.3. The second-order valence-electron chi connectivity index (χ2n) is 8.19. The third-order valence-electron chi connectivity index (χ3n) is 5.54. The molecule has 0 bridgehead atoms. The molecule has 39 heavy (non-hydrogen) atoms. The lowest BCUT2D eigenvalue weighted by Gasteiger charge is -2.29. The van der Waals surface area contributed by atoms with Crippen molar-refractivity contribution in [2.75, 3.05) is 12.0 Å². The van der Waals surface area contributed by atoms with Crippen LogP contribution in [0.1, 0.15) is 21.5 Å². The molecule has 1 aliphatic heterocycles. The number of carbonyl (C=O) groups excluding carboxylic acids is 3. The molecule has 0 fully saturated rings. The van der Waals surface area contributed by atoms with Crippen molar-refractivity contribution in [3.8, 4) is 17.6 Å². The van der Waals surface area contributed by atoms with Crippen LogP contribution in [0.4, 0.5) is 14.9 Å². The second-order valence-corrected chi connectivity index (χ2v) is 9.00. The van der Waals surface area contributed by atoms with E-state index in [0.717, 1.165) is 11.1 Å². The Kier molecular flexibility index (Phi) is 8.29.